The zero-order chi connectivity index (χ0) is 13.9. The van der Waals surface area contributed by atoms with Crippen LogP contribution in [0.2, 0.25) is 0 Å². The predicted molar refractivity (Wildman–Crippen MR) is 79.3 cm³/mol. The maximum atomic E-state index is 12.9. The van der Waals surface area contributed by atoms with Crippen LogP contribution < -0.4 is 5.32 Å². The minimum atomic E-state index is -0.198. The summed E-state index contributed by atoms with van der Waals surface area (Å²) in [6.07, 6.45) is 2.65. The summed E-state index contributed by atoms with van der Waals surface area (Å²) in [5.74, 6) is -0.198. The Labute approximate surface area is 116 Å². The average molecular weight is 269 g/mol. The highest BCUT2D eigenvalue weighted by molar-refractivity contribution is 5.89. The summed E-state index contributed by atoms with van der Waals surface area (Å²) in [5.41, 5.74) is 3.16. The quantitative estimate of drug-likeness (QED) is 0.757. The smallest absolute Gasteiger partial charge is 0.123 e. The molecular formula is C16H16FN3. The molecule has 0 amide bonds. The van der Waals surface area contributed by atoms with Gasteiger partial charge >= 0.3 is 0 Å². The molecule has 1 unspecified atom stereocenters. The van der Waals surface area contributed by atoms with E-state index in [0.29, 0.717) is 0 Å². The molecule has 2 N–H and O–H groups in total. The third kappa shape index (κ3) is 2.64. The van der Waals surface area contributed by atoms with E-state index in [2.05, 4.69) is 22.4 Å². The lowest BCUT2D eigenvalue weighted by Gasteiger charge is -2.16. The van der Waals surface area contributed by atoms with Gasteiger partial charge in [-0.2, -0.15) is 5.10 Å². The fourth-order valence-corrected chi connectivity index (χ4v) is 2.38. The van der Waals surface area contributed by atoms with Gasteiger partial charge in [-0.05, 0) is 37.1 Å². The van der Waals surface area contributed by atoms with Crippen LogP contribution in [0, 0.1) is 5.82 Å². The molecule has 0 aliphatic rings. The van der Waals surface area contributed by atoms with Gasteiger partial charge in [0.2, 0.25) is 0 Å². The van der Waals surface area contributed by atoms with Crippen LogP contribution in [-0.2, 0) is 6.42 Å². The van der Waals surface area contributed by atoms with Crippen LogP contribution in [-0.4, -0.2) is 16.2 Å². The largest absolute Gasteiger partial charge is 0.381 e. The first-order chi connectivity index (χ1) is 9.72. The van der Waals surface area contributed by atoms with Crippen LogP contribution in [0.1, 0.15) is 12.5 Å². The zero-order valence-electron chi connectivity index (χ0n) is 11.2. The monoisotopic (exact) mass is 269 g/mol. The van der Waals surface area contributed by atoms with Gasteiger partial charge in [0.25, 0.3) is 0 Å². The van der Waals surface area contributed by atoms with E-state index in [1.54, 1.807) is 0 Å². The second-order valence-corrected chi connectivity index (χ2v) is 5.02. The van der Waals surface area contributed by atoms with E-state index in [9.17, 15) is 4.39 Å². The molecule has 0 bridgehead atoms. The standard InChI is InChI=1S/C16H16FN3/c1-11(9-12-5-7-14(17)8-6-12)19-15-4-2-3-13-10-18-20-16(13)15/h2-8,10-11,19H,9H2,1H3,(H,18,20). The lowest BCUT2D eigenvalue weighted by Crippen LogP contribution is -2.18. The van der Waals surface area contributed by atoms with Crippen molar-refractivity contribution >= 4 is 16.6 Å². The molecule has 0 radical (unpaired) electrons. The van der Waals surface area contributed by atoms with Gasteiger partial charge in [-0.1, -0.05) is 24.3 Å². The fraction of sp³-hybridized carbons (Fsp3) is 0.188. The Bertz CT molecular complexity index is 703. The number of hydrogen-bond acceptors (Lipinski definition) is 2. The van der Waals surface area contributed by atoms with Crippen molar-refractivity contribution in [2.45, 2.75) is 19.4 Å². The summed E-state index contributed by atoms with van der Waals surface area (Å²) < 4.78 is 12.9. The number of fused-ring (bicyclic) bond motifs is 1. The first kappa shape index (κ1) is 12.7. The van der Waals surface area contributed by atoms with Crippen LogP contribution in [0.25, 0.3) is 10.9 Å². The van der Waals surface area contributed by atoms with Gasteiger partial charge in [0, 0.05) is 11.4 Å². The molecule has 0 spiro atoms. The van der Waals surface area contributed by atoms with Gasteiger partial charge < -0.3 is 5.32 Å². The van der Waals surface area contributed by atoms with Crippen LogP contribution >= 0.6 is 0 Å². The van der Waals surface area contributed by atoms with E-state index in [-0.39, 0.29) is 11.9 Å². The van der Waals surface area contributed by atoms with E-state index in [4.69, 9.17) is 0 Å². The van der Waals surface area contributed by atoms with Crippen molar-refractivity contribution in [3.8, 4) is 0 Å². The molecule has 1 aromatic heterocycles. The topological polar surface area (TPSA) is 40.7 Å². The van der Waals surface area contributed by atoms with Gasteiger partial charge in [-0.25, -0.2) is 4.39 Å². The first-order valence-corrected chi connectivity index (χ1v) is 6.65. The van der Waals surface area contributed by atoms with Crippen molar-refractivity contribution in [2.24, 2.45) is 0 Å². The van der Waals surface area contributed by atoms with Crippen molar-refractivity contribution in [3.05, 3.63) is 60.0 Å². The van der Waals surface area contributed by atoms with Crippen molar-refractivity contribution in [1.82, 2.24) is 10.2 Å². The summed E-state index contributed by atoms with van der Waals surface area (Å²) in [4.78, 5) is 0. The minimum absolute atomic E-state index is 0.198. The number of benzene rings is 2. The maximum Gasteiger partial charge on any atom is 0.123 e. The predicted octanol–water partition coefficient (Wildman–Crippen LogP) is 3.75. The number of hydrogen-bond donors (Lipinski definition) is 2. The normalized spacial score (nSPS) is 12.5. The molecule has 2 aromatic carbocycles. The molecule has 0 aliphatic carbocycles. The molecule has 1 heterocycles. The van der Waals surface area contributed by atoms with Gasteiger partial charge in [0.05, 0.1) is 17.4 Å². The van der Waals surface area contributed by atoms with Gasteiger partial charge in [0.15, 0.2) is 0 Å². The van der Waals surface area contributed by atoms with E-state index < -0.39 is 0 Å². The average Bonchev–Trinajstić information content (AvgIpc) is 2.91. The molecule has 0 fully saturated rings. The van der Waals surface area contributed by atoms with Crippen LogP contribution in [0.15, 0.2) is 48.7 Å². The Morgan fingerprint density at radius 3 is 2.80 bits per heavy atom. The molecule has 0 aliphatic heterocycles. The van der Waals surface area contributed by atoms with Crippen molar-refractivity contribution < 1.29 is 4.39 Å². The van der Waals surface area contributed by atoms with E-state index >= 15 is 0 Å². The van der Waals surface area contributed by atoms with E-state index in [1.165, 1.54) is 12.1 Å². The third-order valence-corrected chi connectivity index (χ3v) is 3.33. The molecule has 1 atom stereocenters. The number of nitrogens with one attached hydrogen (secondary N) is 2. The number of aromatic amines is 1. The van der Waals surface area contributed by atoms with Crippen molar-refractivity contribution in [3.63, 3.8) is 0 Å². The molecule has 0 saturated carbocycles. The van der Waals surface area contributed by atoms with Crippen molar-refractivity contribution in [2.75, 3.05) is 5.32 Å². The third-order valence-electron chi connectivity index (χ3n) is 3.33. The van der Waals surface area contributed by atoms with Crippen LogP contribution in [0.5, 0.6) is 0 Å². The zero-order valence-corrected chi connectivity index (χ0v) is 11.2. The second kappa shape index (κ2) is 5.33. The minimum Gasteiger partial charge on any atom is -0.381 e. The molecule has 3 aromatic rings. The highest BCUT2D eigenvalue weighted by Gasteiger charge is 2.07. The maximum absolute atomic E-state index is 12.9. The van der Waals surface area contributed by atoms with E-state index in [1.807, 2.05) is 36.5 Å². The lowest BCUT2D eigenvalue weighted by molar-refractivity contribution is 0.626. The summed E-state index contributed by atoms with van der Waals surface area (Å²) in [6, 6.07) is 12.9. The van der Waals surface area contributed by atoms with Gasteiger partial charge in [-0.3, -0.25) is 5.10 Å². The number of para-hydroxylation sites is 1. The molecule has 20 heavy (non-hydrogen) atoms. The first-order valence-electron chi connectivity index (χ1n) is 6.65. The lowest BCUT2D eigenvalue weighted by atomic mass is 10.1. The van der Waals surface area contributed by atoms with Crippen LogP contribution in [0.4, 0.5) is 10.1 Å². The Morgan fingerprint density at radius 2 is 2.00 bits per heavy atom. The highest BCUT2D eigenvalue weighted by Crippen LogP contribution is 2.21. The Hall–Kier alpha value is -2.36. The Balaban J connectivity index is 1.74. The molecule has 3 rings (SSSR count). The van der Waals surface area contributed by atoms with Crippen molar-refractivity contribution in [1.29, 1.82) is 0 Å². The molecule has 4 heteroatoms. The van der Waals surface area contributed by atoms with Gasteiger partial charge in [-0.15, -0.1) is 0 Å². The number of aromatic nitrogens is 2. The summed E-state index contributed by atoms with van der Waals surface area (Å²) >= 11 is 0. The molecular weight excluding hydrogens is 253 g/mol. The number of halogens is 1. The molecule has 3 nitrogen and oxygen atoms in total. The van der Waals surface area contributed by atoms with Gasteiger partial charge in [0.1, 0.15) is 5.82 Å². The van der Waals surface area contributed by atoms with E-state index in [0.717, 1.165) is 28.6 Å². The SMILES string of the molecule is CC(Cc1ccc(F)cc1)Nc1cccc2cn[nH]c12. The molecule has 102 valence electrons. The highest BCUT2D eigenvalue weighted by atomic mass is 19.1. The number of nitrogens with zero attached hydrogens (tertiary/aromatic N) is 1. The number of rotatable bonds is 4. The Kier molecular flexibility index (Phi) is 3.37. The fourth-order valence-electron chi connectivity index (χ4n) is 2.38. The summed E-state index contributed by atoms with van der Waals surface area (Å²) in [5, 5.41) is 11.6. The second-order valence-electron chi connectivity index (χ2n) is 5.02. The van der Waals surface area contributed by atoms with Crippen LogP contribution in [0.3, 0.4) is 0 Å². The Morgan fingerprint density at radius 1 is 1.20 bits per heavy atom. The summed E-state index contributed by atoms with van der Waals surface area (Å²) in [6.45, 7) is 2.11. The molecule has 0 saturated heterocycles. The number of anilines is 1. The number of H-pyrrole nitrogens is 1. The summed E-state index contributed by atoms with van der Waals surface area (Å²) in [7, 11) is 0.